The highest BCUT2D eigenvalue weighted by Crippen LogP contribution is 2.23. The number of hydrogen-bond acceptors (Lipinski definition) is 4. The lowest BCUT2D eigenvalue weighted by atomic mass is 10.0. The van der Waals surface area contributed by atoms with Gasteiger partial charge in [0.2, 0.25) is 0 Å². The highest BCUT2D eigenvalue weighted by molar-refractivity contribution is 5.97. The van der Waals surface area contributed by atoms with Crippen LogP contribution in [0, 0.1) is 0 Å². The molecular formula is C18H24N2O4. The molecule has 0 saturated carbocycles. The van der Waals surface area contributed by atoms with Crippen molar-refractivity contribution in [1.29, 1.82) is 0 Å². The van der Waals surface area contributed by atoms with Gasteiger partial charge < -0.3 is 10.1 Å². The molecule has 0 heterocycles. The Morgan fingerprint density at radius 1 is 1.12 bits per heavy atom. The molecule has 130 valence electrons. The molecule has 0 radical (unpaired) electrons. The van der Waals surface area contributed by atoms with E-state index in [2.05, 4.69) is 16.7 Å². The second-order valence-corrected chi connectivity index (χ2v) is 6.38. The molecule has 0 bridgehead atoms. The summed E-state index contributed by atoms with van der Waals surface area (Å²) in [6, 6.07) is 5.32. The van der Waals surface area contributed by atoms with Crippen LogP contribution in [-0.4, -0.2) is 30.1 Å². The average Bonchev–Trinajstić information content (AvgIpc) is 2.93. The summed E-state index contributed by atoms with van der Waals surface area (Å²) in [5.74, 6) is -1.13. The van der Waals surface area contributed by atoms with Gasteiger partial charge in [0, 0.05) is 6.04 Å². The predicted molar refractivity (Wildman–Crippen MR) is 89.5 cm³/mol. The van der Waals surface area contributed by atoms with Gasteiger partial charge in [-0.05, 0) is 56.7 Å². The summed E-state index contributed by atoms with van der Waals surface area (Å²) in [5, 5.41) is 4.68. The van der Waals surface area contributed by atoms with Crippen molar-refractivity contribution in [2.24, 2.45) is 0 Å². The molecular weight excluding hydrogens is 308 g/mol. The highest BCUT2D eigenvalue weighted by atomic mass is 16.5. The molecule has 0 unspecified atom stereocenters. The van der Waals surface area contributed by atoms with Crippen LogP contribution in [0.15, 0.2) is 18.2 Å². The van der Waals surface area contributed by atoms with Crippen molar-refractivity contribution in [1.82, 2.24) is 10.6 Å². The number of benzene rings is 1. The van der Waals surface area contributed by atoms with Crippen molar-refractivity contribution in [3.05, 3.63) is 34.9 Å². The zero-order chi connectivity index (χ0) is 17.7. The lowest BCUT2D eigenvalue weighted by Crippen LogP contribution is -2.46. The smallest absolute Gasteiger partial charge is 0.321 e. The minimum Gasteiger partial charge on any atom is -0.452 e. The maximum absolute atomic E-state index is 12.0. The fourth-order valence-corrected chi connectivity index (χ4v) is 2.71. The number of imide groups is 1. The van der Waals surface area contributed by atoms with Gasteiger partial charge in [0.1, 0.15) is 0 Å². The molecule has 2 N–H and O–H groups in total. The van der Waals surface area contributed by atoms with Crippen molar-refractivity contribution in [2.75, 3.05) is 0 Å². The number of esters is 1. The van der Waals surface area contributed by atoms with Crippen LogP contribution in [0.2, 0.25) is 0 Å². The Balaban J connectivity index is 1.83. The number of nitrogens with one attached hydrogen (secondary N) is 2. The zero-order valence-electron chi connectivity index (χ0n) is 14.3. The summed E-state index contributed by atoms with van der Waals surface area (Å²) in [4.78, 5) is 35.3. The molecule has 1 aromatic carbocycles. The number of ether oxygens (including phenoxy) is 1. The third-order valence-electron chi connectivity index (χ3n) is 3.85. The number of rotatable bonds is 5. The monoisotopic (exact) mass is 332 g/mol. The van der Waals surface area contributed by atoms with Crippen LogP contribution in [0.1, 0.15) is 43.9 Å². The van der Waals surface area contributed by atoms with Gasteiger partial charge >= 0.3 is 12.0 Å². The molecule has 1 atom stereocenters. The minimum absolute atomic E-state index is 0.0875. The number of carbonyl (C=O) groups excluding carboxylic acids is 3. The standard InChI is InChI=1S/C18H24N2O4/c1-11(2)19-18(23)20-17(22)12(3)24-16(21)10-13-7-8-14-5-4-6-15(14)9-13/h7-9,11-12H,4-6,10H2,1-3H3,(H2,19,20,22,23)/t12-/m1/s1. The van der Waals surface area contributed by atoms with Crippen LogP contribution >= 0.6 is 0 Å². The van der Waals surface area contributed by atoms with E-state index in [9.17, 15) is 14.4 Å². The molecule has 3 amide bonds. The first-order valence-electron chi connectivity index (χ1n) is 8.26. The largest absolute Gasteiger partial charge is 0.452 e. The van der Waals surface area contributed by atoms with Gasteiger partial charge in [0.15, 0.2) is 6.10 Å². The van der Waals surface area contributed by atoms with Crippen LogP contribution in [-0.2, 0) is 33.6 Å². The molecule has 2 rings (SSSR count). The van der Waals surface area contributed by atoms with E-state index in [0.717, 1.165) is 24.8 Å². The number of aryl methyl sites for hydroxylation is 2. The summed E-state index contributed by atoms with van der Waals surface area (Å²) < 4.78 is 5.11. The van der Waals surface area contributed by atoms with E-state index in [4.69, 9.17) is 4.74 Å². The van der Waals surface area contributed by atoms with Crippen LogP contribution in [0.25, 0.3) is 0 Å². The first-order valence-corrected chi connectivity index (χ1v) is 8.26. The molecule has 0 fully saturated rings. The maximum Gasteiger partial charge on any atom is 0.321 e. The lowest BCUT2D eigenvalue weighted by molar-refractivity contribution is -0.153. The normalized spacial score (nSPS) is 14.0. The Labute approximate surface area is 142 Å². The van der Waals surface area contributed by atoms with Gasteiger partial charge in [-0.15, -0.1) is 0 Å². The van der Waals surface area contributed by atoms with Gasteiger partial charge in [0.25, 0.3) is 5.91 Å². The van der Waals surface area contributed by atoms with Crippen LogP contribution in [0.4, 0.5) is 4.79 Å². The summed E-state index contributed by atoms with van der Waals surface area (Å²) in [6.45, 7) is 5.01. The third kappa shape index (κ3) is 5.08. The second kappa shape index (κ2) is 7.95. The Hall–Kier alpha value is -2.37. The summed E-state index contributed by atoms with van der Waals surface area (Å²) >= 11 is 0. The summed E-state index contributed by atoms with van der Waals surface area (Å²) in [5.41, 5.74) is 3.51. The fraction of sp³-hybridized carbons (Fsp3) is 0.500. The van der Waals surface area contributed by atoms with Crippen LogP contribution in [0.3, 0.4) is 0 Å². The molecule has 1 aromatic rings. The van der Waals surface area contributed by atoms with Crippen molar-refractivity contribution < 1.29 is 19.1 Å². The topological polar surface area (TPSA) is 84.5 Å². The van der Waals surface area contributed by atoms with E-state index in [0.29, 0.717) is 0 Å². The second-order valence-electron chi connectivity index (χ2n) is 6.38. The Morgan fingerprint density at radius 2 is 1.83 bits per heavy atom. The van der Waals surface area contributed by atoms with E-state index < -0.39 is 24.0 Å². The molecule has 0 spiro atoms. The quantitative estimate of drug-likeness (QED) is 0.806. The molecule has 6 nitrogen and oxygen atoms in total. The van der Waals surface area contributed by atoms with E-state index in [1.54, 1.807) is 13.8 Å². The number of carbonyl (C=O) groups is 3. The molecule has 1 aliphatic rings. The number of fused-ring (bicyclic) bond motifs is 1. The number of amides is 3. The van der Waals surface area contributed by atoms with Crippen molar-refractivity contribution in [3.8, 4) is 0 Å². The Morgan fingerprint density at radius 3 is 2.54 bits per heavy atom. The summed E-state index contributed by atoms with van der Waals surface area (Å²) in [6.07, 6.45) is 2.38. The predicted octanol–water partition coefficient (Wildman–Crippen LogP) is 1.88. The number of hydrogen-bond donors (Lipinski definition) is 2. The lowest BCUT2D eigenvalue weighted by Gasteiger charge is -2.14. The molecule has 1 aliphatic carbocycles. The molecule has 0 saturated heterocycles. The maximum atomic E-state index is 12.0. The fourth-order valence-electron chi connectivity index (χ4n) is 2.71. The highest BCUT2D eigenvalue weighted by Gasteiger charge is 2.20. The molecule has 0 aromatic heterocycles. The Bertz CT molecular complexity index is 640. The minimum atomic E-state index is -1.02. The first kappa shape index (κ1) is 18.0. The van der Waals surface area contributed by atoms with Crippen molar-refractivity contribution in [2.45, 2.75) is 58.6 Å². The van der Waals surface area contributed by atoms with Crippen molar-refractivity contribution >= 4 is 17.9 Å². The van der Waals surface area contributed by atoms with E-state index in [1.165, 1.54) is 18.1 Å². The zero-order valence-corrected chi connectivity index (χ0v) is 14.3. The number of urea groups is 1. The van der Waals surface area contributed by atoms with Crippen LogP contribution in [0.5, 0.6) is 0 Å². The summed E-state index contributed by atoms with van der Waals surface area (Å²) in [7, 11) is 0. The van der Waals surface area contributed by atoms with Gasteiger partial charge in [-0.2, -0.15) is 0 Å². The first-order chi connectivity index (χ1) is 11.3. The Kier molecular flexibility index (Phi) is 5.95. The van der Waals surface area contributed by atoms with E-state index >= 15 is 0 Å². The van der Waals surface area contributed by atoms with E-state index in [-0.39, 0.29) is 12.5 Å². The van der Waals surface area contributed by atoms with Gasteiger partial charge in [-0.25, -0.2) is 4.79 Å². The molecule has 6 heteroatoms. The van der Waals surface area contributed by atoms with Crippen LogP contribution < -0.4 is 10.6 Å². The van der Waals surface area contributed by atoms with Gasteiger partial charge in [-0.1, -0.05) is 18.2 Å². The molecule has 24 heavy (non-hydrogen) atoms. The van der Waals surface area contributed by atoms with Gasteiger partial charge in [0.05, 0.1) is 6.42 Å². The van der Waals surface area contributed by atoms with E-state index in [1.807, 2.05) is 12.1 Å². The third-order valence-corrected chi connectivity index (χ3v) is 3.85. The van der Waals surface area contributed by atoms with Gasteiger partial charge in [-0.3, -0.25) is 14.9 Å². The molecule has 0 aliphatic heterocycles. The SMILES string of the molecule is CC(C)NC(=O)NC(=O)[C@@H](C)OC(=O)Cc1ccc2c(c1)CCC2. The van der Waals surface area contributed by atoms with Crippen molar-refractivity contribution in [3.63, 3.8) is 0 Å². The average molecular weight is 332 g/mol.